The van der Waals surface area contributed by atoms with Crippen LogP contribution in [-0.4, -0.2) is 30.6 Å². The molecule has 0 radical (unpaired) electrons. The highest BCUT2D eigenvalue weighted by atomic mass is 32.1. The maximum Gasteiger partial charge on any atom is 0.319 e. The average Bonchev–Trinajstić information content (AvgIpc) is 3.13. The van der Waals surface area contributed by atoms with Gasteiger partial charge in [0, 0.05) is 35.8 Å². The molecule has 0 aliphatic heterocycles. The molecule has 1 aromatic heterocycles. The summed E-state index contributed by atoms with van der Waals surface area (Å²) in [7, 11) is 1.39. The summed E-state index contributed by atoms with van der Waals surface area (Å²) >= 11 is 1.58. The molecule has 7 heteroatoms. The lowest BCUT2D eigenvalue weighted by atomic mass is 10.2. The van der Waals surface area contributed by atoms with E-state index in [4.69, 9.17) is 0 Å². The number of carbonyl (C=O) groups is 2. The molecule has 2 N–H and O–H groups in total. The van der Waals surface area contributed by atoms with Gasteiger partial charge in [0.25, 0.3) is 0 Å². The molecule has 0 bridgehead atoms. The molecule has 1 heterocycles. The number of esters is 1. The first kappa shape index (κ1) is 17.9. The van der Waals surface area contributed by atoms with Crippen molar-refractivity contribution in [1.82, 2.24) is 10.3 Å². The van der Waals surface area contributed by atoms with Gasteiger partial charge >= 0.3 is 12.0 Å². The molecule has 2 rings (SSSR count). The Bertz CT molecular complexity index is 642. The van der Waals surface area contributed by atoms with Crippen molar-refractivity contribution in [2.75, 3.05) is 19.0 Å². The number of carbonyl (C=O) groups excluding carboxylic acids is 2. The largest absolute Gasteiger partial charge is 0.469 e. The third-order valence-corrected chi connectivity index (χ3v) is 4.22. The van der Waals surface area contributed by atoms with Crippen molar-refractivity contribution in [3.8, 4) is 10.6 Å². The fraction of sp³-hybridized carbons (Fsp3) is 0.353. The van der Waals surface area contributed by atoms with E-state index in [9.17, 15) is 9.59 Å². The first-order valence-corrected chi connectivity index (χ1v) is 8.68. The summed E-state index contributed by atoms with van der Waals surface area (Å²) in [6, 6.07) is 7.34. The zero-order valence-electron chi connectivity index (χ0n) is 13.6. The van der Waals surface area contributed by atoms with Crippen LogP contribution in [0.4, 0.5) is 10.5 Å². The first-order chi connectivity index (χ1) is 11.7. The van der Waals surface area contributed by atoms with Gasteiger partial charge in [0.2, 0.25) is 0 Å². The van der Waals surface area contributed by atoms with E-state index in [0.29, 0.717) is 13.0 Å². The lowest BCUT2D eigenvalue weighted by Crippen LogP contribution is -2.29. The van der Waals surface area contributed by atoms with Gasteiger partial charge in [0.15, 0.2) is 0 Å². The molecule has 0 aliphatic carbocycles. The number of nitrogens with one attached hydrogen (secondary N) is 2. The van der Waals surface area contributed by atoms with Gasteiger partial charge in [0.05, 0.1) is 7.11 Å². The Morgan fingerprint density at radius 2 is 1.96 bits per heavy atom. The number of anilines is 1. The molecule has 0 fully saturated rings. The van der Waals surface area contributed by atoms with Crippen LogP contribution >= 0.6 is 11.3 Å². The van der Waals surface area contributed by atoms with Gasteiger partial charge in [-0.2, -0.15) is 0 Å². The average molecular weight is 347 g/mol. The van der Waals surface area contributed by atoms with Crippen LogP contribution in [0.2, 0.25) is 0 Å². The maximum atomic E-state index is 11.8. The quantitative estimate of drug-likeness (QED) is 0.564. The minimum Gasteiger partial charge on any atom is -0.469 e. The minimum absolute atomic E-state index is 0.193. The third kappa shape index (κ3) is 6.00. The van der Waals surface area contributed by atoms with Crippen LogP contribution < -0.4 is 10.6 Å². The van der Waals surface area contributed by atoms with E-state index in [1.54, 1.807) is 17.5 Å². The number of amides is 2. The molecule has 0 atom stereocenters. The number of hydrogen-bond donors (Lipinski definition) is 2. The Hall–Kier alpha value is -2.41. The molecule has 6 nitrogen and oxygen atoms in total. The minimum atomic E-state index is -0.232. The molecule has 0 saturated carbocycles. The Kier molecular flexibility index (Phi) is 7.22. The van der Waals surface area contributed by atoms with Crippen LogP contribution in [0.5, 0.6) is 0 Å². The summed E-state index contributed by atoms with van der Waals surface area (Å²) < 4.78 is 4.57. The Morgan fingerprint density at radius 3 is 2.62 bits per heavy atom. The zero-order valence-corrected chi connectivity index (χ0v) is 14.4. The van der Waals surface area contributed by atoms with Crippen molar-refractivity contribution >= 4 is 29.0 Å². The van der Waals surface area contributed by atoms with Gasteiger partial charge in [-0.25, -0.2) is 9.78 Å². The summed E-state index contributed by atoms with van der Waals surface area (Å²) in [6.45, 7) is 0.574. The number of benzene rings is 1. The summed E-state index contributed by atoms with van der Waals surface area (Å²) in [5.74, 6) is -0.193. The van der Waals surface area contributed by atoms with Crippen molar-refractivity contribution in [3.63, 3.8) is 0 Å². The molecule has 0 saturated heterocycles. The lowest BCUT2D eigenvalue weighted by molar-refractivity contribution is -0.140. The molecule has 0 unspecified atom stereocenters. The van der Waals surface area contributed by atoms with Crippen molar-refractivity contribution in [3.05, 3.63) is 35.8 Å². The van der Waals surface area contributed by atoms with E-state index in [1.807, 2.05) is 29.6 Å². The number of rotatable bonds is 8. The lowest BCUT2D eigenvalue weighted by Gasteiger charge is -2.08. The zero-order chi connectivity index (χ0) is 17.2. The number of nitrogens with zero attached hydrogens (tertiary/aromatic N) is 1. The van der Waals surface area contributed by atoms with E-state index in [1.165, 1.54) is 7.11 Å². The van der Waals surface area contributed by atoms with Crippen LogP contribution in [0, 0.1) is 0 Å². The Labute approximate surface area is 145 Å². The second-order valence-corrected chi connectivity index (χ2v) is 6.08. The molecular weight excluding hydrogens is 326 g/mol. The molecule has 2 amide bonds. The van der Waals surface area contributed by atoms with Crippen molar-refractivity contribution in [2.24, 2.45) is 0 Å². The number of thiazole rings is 1. The summed E-state index contributed by atoms with van der Waals surface area (Å²) in [5, 5.41) is 8.48. The SMILES string of the molecule is COC(=O)CCCCCNC(=O)Nc1ccc(-c2nccs2)cc1. The fourth-order valence-electron chi connectivity index (χ4n) is 2.11. The van der Waals surface area contributed by atoms with Gasteiger partial charge in [-0.05, 0) is 37.1 Å². The fourth-order valence-corrected chi connectivity index (χ4v) is 2.76. The van der Waals surface area contributed by atoms with Crippen LogP contribution in [0.25, 0.3) is 10.6 Å². The molecule has 1 aromatic carbocycles. The van der Waals surface area contributed by atoms with Gasteiger partial charge in [-0.1, -0.05) is 6.42 Å². The highest BCUT2D eigenvalue weighted by Crippen LogP contribution is 2.23. The second kappa shape index (κ2) is 9.67. The van der Waals surface area contributed by atoms with Crippen molar-refractivity contribution in [1.29, 1.82) is 0 Å². The van der Waals surface area contributed by atoms with Crippen LogP contribution in [0.15, 0.2) is 35.8 Å². The van der Waals surface area contributed by atoms with Crippen molar-refractivity contribution < 1.29 is 14.3 Å². The number of urea groups is 1. The smallest absolute Gasteiger partial charge is 0.319 e. The number of unbranched alkanes of at least 4 members (excludes halogenated alkanes) is 2. The number of methoxy groups -OCH3 is 1. The van der Waals surface area contributed by atoms with E-state index in [-0.39, 0.29) is 12.0 Å². The Balaban J connectivity index is 1.64. The van der Waals surface area contributed by atoms with E-state index >= 15 is 0 Å². The molecule has 0 spiro atoms. The van der Waals surface area contributed by atoms with Crippen molar-refractivity contribution in [2.45, 2.75) is 25.7 Å². The molecule has 24 heavy (non-hydrogen) atoms. The standard InChI is InChI=1S/C17H21N3O3S/c1-23-15(21)5-3-2-4-10-19-17(22)20-14-8-6-13(7-9-14)16-18-11-12-24-16/h6-9,11-12H,2-5,10H2,1H3,(H2,19,20,22). The molecule has 2 aromatic rings. The van der Waals surface area contributed by atoms with Gasteiger partial charge < -0.3 is 15.4 Å². The monoisotopic (exact) mass is 347 g/mol. The summed E-state index contributed by atoms with van der Waals surface area (Å²) in [5.41, 5.74) is 1.76. The van der Waals surface area contributed by atoms with Crippen LogP contribution in [0.3, 0.4) is 0 Å². The van der Waals surface area contributed by atoms with Crippen LogP contribution in [-0.2, 0) is 9.53 Å². The van der Waals surface area contributed by atoms with E-state index in [2.05, 4.69) is 20.4 Å². The molecule has 128 valence electrons. The highest BCUT2D eigenvalue weighted by molar-refractivity contribution is 7.13. The predicted molar refractivity (Wildman–Crippen MR) is 95.1 cm³/mol. The number of aromatic nitrogens is 1. The van der Waals surface area contributed by atoms with Gasteiger partial charge in [-0.15, -0.1) is 11.3 Å². The number of ether oxygens (including phenoxy) is 1. The van der Waals surface area contributed by atoms with Crippen LogP contribution in [0.1, 0.15) is 25.7 Å². The molecular formula is C17H21N3O3S. The van der Waals surface area contributed by atoms with E-state index < -0.39 is 0 Å². The predicted octanol–water partition coefficient (Wildman–Crippen LogP) is 3.67. The maximum absolute atomic E-state index is 11.8. The second-order valence-electron chi connectivity index (χ2n) is 5.18. The topological polar surface area (TPSA) is 80.3 Å². The summed E-state index contributed by atoms with van der Waals surface area (Å²) in [4.78, 5) is 27.0. The van der Waals surface area contributed by atoms with Gasteiger partial charge in [0.1, 0.15) is 5.01 Å². The van der Waals surface area contributed by atoms with Gasteiger partial charge in [-0.3, -0.25) is 4.79 Å². The normalized spacial score (nSPS) is 10.2. The Morgan fingerprint density at radius 1 is 1.17 bits per heavy atom. The van der Waals surface area contributed by atoms with E-state index in [0.717, 1.165) is 35.5 Å². The molecule has 0 aliphatic rings. The number of hydrogen-bond acceptors (Lipinski definition) is 5. The highest BCUT2D eigenvalue weighted by Gasteiger charge is 2.04. The summed E-state index contributed by atoms with van der Waals surface area (Å²) in [6.07, 6.45) is 4.67. The third-order valence-electron chi connectivity index (χ3n) is 3.39. The first-order valence-electron chi connectivity index (χ1n) is 7.80.